The van der Waals surface area contributed by atoms with Gasteiger partial charge in [-0.2, -0.15) is 0 Å². The Kier molecular flexibility index (Phi) is 3.50. The zero-order valence-electron chi connectivity index (χ0n) is 11.9. The number of ether oxygens (including phenoxy) is 1. The molecule has 104 valence electrons. The molecule has 2 fully saturated rings. The van der Waals surface area contributed by atoms with Crippen LogP contribution in [-0.2, 0) is 0 Å². The number of hydrogen-bond acceptors (Lipinski definition) is 3. The monoisotopic (exact) mass is 260 g/mol. The molecule has 0 saturated carbocycles. The molecule has 3 heteroatoms. The van der Waals surface area contributed by atoms with Crippen molar-refractivity contribution in [2.75, 3.05) is 7.05 Å². The summed E-state index contributed by atoms with van der Waals surface area (Å²) in [6.45, 7) is 2.00. The normalized spacial score (nSPS) is 32.3. The second-order valence-corrected chi connectivity index (χ2v) is 6.12. The number of rotatable bonds is 3. The van der Waals surface area contributed by atoms with Gasteiger partial charge in [0.1, 0.15) is 11.9 Å². The first-order valence-electron chi connectivity index (χ1n) is 7.37. The molecule has 2 saturated heterocycles. The van der Waals surface area contributed by atoms with E-state index in [-0.39, 0.29) is 6.04 Å². The molecule has 19 heavy (non-hydrogen) atoms. The largest absolute Gasteiger partial charge is 0.490 e. The van der Waals surface area contributed by atoms with Gasteiger partial charge >= 0.3 is 0 Å². The van der Waals surface area contributed by atoms with Gasteiger partial charge in [-0.1, -0.05) is 12.1 Å². The Balaban J connectivity index is 1.63. The maximum absolute atomic E-state index is 6.15. The topological polar surface area (TPSA) is 38.5 Å². The van der Waals surface area contributed by atoms with E-state index >= 15 is 0 Å². The second-order valence-electron chi connectivity index (χ2n) is 6.12. The standard InChI is InChI=1S/C16H24N2O/c1-11(17)12-3-7-15(8-4-12)19-16-9-13-5-6-14(10-16)18(13)2/h3-4,7-8,11,13-14,16H,5-6,9-10,17H2,1-2H3. The van der Waals surface area contributed by atoms with Crippen LogP contribution < -0.4 is 10.5 Å². The third kappa shape index (κ3) is 2.63. The molecule has 1 aromatic carbocycles. The second kappa shape index (κ2) is 5.14. The van der Waals surface area contributed by atoms with E-state index in [1.165, 1.54) is 25.7 Å². The highest BCUT2D eigenvalue weighted by molar-refractivity contribution is 5.29. The summed E-state index contributed by atoms with van der Waals surface area (Å²) in [4.78, 5) is 2.54. The fraction of sp³-hybridized carbons (Fsp3) is 0.625. The molecule has 2 N–H and O–H groups in total. The van der Waals surface area contributed by atoms with Gasteiger partial charge < -0.3 is 15.4 Å². The van der Waals surface area contributed by atoms with Gasteiger partial charge in [0.05, 0.1) is 0 Å². The average Bonchev–Trinajstić information content (AvgIpc) is 2.63. The van der Waals surface area contributed by atoms with E-state index in [2.05, 4.69) is 36.2 Å². The molecule has 3 rings (SSSR count). The number of piperidine rings is 1. The summed E-state index contributed by atoms with van der Waals surface area (Å²) in [6, 6.07) is 9.80. The quantitative estimate of drug-likeness (QED) is 0.908. The Bertz CT molecular complexity index is 415. The van der Waals surface area contributed by atoms with Crippen molar-refractivity contribution in [3.8, 4) is 5.75 Å². The van der Waals surface area contributed by atoms with Crippen molar-refractivity contribution in [1.82, 2.24) is 4.90 Å². The number of fused-ring (bicyclic) bond motifs is 2. The first-order chi connectivity index (χ1) is 9.13. The molecule has 0 amide bonds. The minimum absolute atomic E-state index is 0.0909. The van der Waals surface area contributed by atoms with E-state index in [1.54, 1.807) is 0 Å². The fourth-order valence-corrected chi connectivity index (χ4v) is 3.50. The number of benzene rings is 1. The highest BCUT2D eigenvalue weighted by atomic mass is 16.5. The van der Waals surface area contributed by atoms with Crippen molar-refractivity contribution in [3.05, 3.63) is 29.8 Å². The summed E-state index contributed by atoms with van der Waals surface area (Å²) in [7, 11) is 2.26. The van der Waals surface area contributed by atoms with Crippen molar-refractivity contribution < 1.29 is 4.74 Å². The van der Waals surface area contributed by atoms with Gasteiger partial charge in [-0.3, -0.25) is 0 Å². The Hall–Kier alpha value is -1.06. The maximum Gasteiger partial charge on any atom is 0.119 e. The molecule has 3 unspecified atom stereocenters. The van der Waals surface area contributed by atoms with E-state index in [0.717, 1.165) is 23.4 Å². The van der Waals surface area contributed by atoms with Gasteiger partial charge in [0.25, 0.3) is 0 Å². The molecular formula is C16H24N2O. The molecule has 0 aliphatic carbocycles. The predicted molar refractivity (Wildman–Crippen MR) is 77.3 cm³/mol. The maximum atomic E-state index is 6.15. The first-order valence-corrected chi connectivity index (χ1v) is 7.37. The lowest BCUT2D eigenvalue weighted by Gasteiger charge is -2.36. The lowest BCUT2D eigenvalue weighted by molar-refractivity contribution is 0.0661. The SMILES string of the molecule is CC(N)c1ccc(OC2CC3CCC(C2)N3C)cc1. The highest BCUT2D eigenvalue weighted by Crippen LogP contribution is 2.35. The molecular weight excluding hydrogens is 236 g/mol. The lowest BCUT2D eigenvalue weighted by Crippen LogP contribution is -2.43. The van der Waals surface area contributed by atoms with Gasteiger partial charge in [-0.25, -0.2) is 0 Å². The van der Waals surface area contributed by atoms with E-state index in [0.29, 0.717) is 6.10 Å². The Morgan fingerprint density at radius 1 is 1.16 bits per heavy atom. The number of nitrogens with two attached hydrogens (primary N) is 1. The first kappa shape index (κ1) is 12.9. The Morgan fingerprint density at radius 3 is 2.26 bits per heavy atom. The van der Waals surface area contributed by atoms with Crippen molar-refractivity contribution in [2.45, 2.75) is 56.8 Å². The summed E-state index contributed by atoms with van der Waals surface area (Å²) >= 11 is 0. The van der Waals surface area contributed by atoms with Crippen LogP contribution in [0.15, 0.2) is 24.3 Å². The zero-order valence-corrected chi connectivity index (χ0v) is 11.9. The molecule has 2 aliphatic heterocycles. The molecule has 1 aromatic rings. The summed E-state index contributed by atoms with van der Waals surface area (Å²) in [5.41, 5.74) is 7.02. The van der Waals surface area contributed by atoms with E-state index in [1.807, 2.05) is 6.92 Å². The van der Waals surface area contributed by atoms with Crippen LogP contribution in [0.4, 0.5) is 0 Å². The summed E-state index contributed by atoms with van der Waals surface area (Å²) < 4.78 is 6.15. The molecule has 2 heterocycles. The summed E-state index contributed by atoms with van der Waals surface area (Å²) in [5.74, 6) is 0.985. The van der Waals surface area contributed by atoms with Crippen molar-refractivity contribution in [1.29, 1.82) is 0 Å². The minimum atomic E-state index is 0.0909. The molecule has 2 bridgehead atoms. The summed E-state index contributed by atoms with van der Waals surface area (Å²) in [5, 5.41) is 0. The van der Waals surface area contributed by atoms with Crippen molar-refractivity contribution in [2.24, 2.45) is 5.73 Å². The predicted octanol–water partition coefficient (Wildman–Crippen LogP) is 2.71. The molecule has 0 aromatic heterocycles. The van der Waals surface area contributed by atoms with E-state index in [4.69, 9.17) is 10.5 Å². The van der Waals surface area contributed by atoms with Crippen LogP contribution in [0.3, 0.4) is 0 Å². The minimum Gasteiger partial charge on any atom is -0.490 e. The van der Waals surface area contributed by atoms with Crippen molar-refractivity contribution in [3.63, 3.8) is 0 Å². The smallest absolute Gasteiger partial charge is 0.119 e. The van der Waals surface area contributed by atoms with E-state index in [9.17, 15) is 0 Å². The summed E-state index contributed by atoms with van der Waals surface area (Å²) in [6.07, 6.45) is 5.40. The van der Waals surface area contributed by atoms with Crippen LogP contribution in [0.1, 0.15) is 44.2 Å². The lowest BCUT2D eigenvalue weighted by atomic mass is 10.0. The van der Waals surface area contributed by atoms with Crippen LogP contribution in [0.25, 0.3) is 0 Å². The highest BCUT2D eigenvalue weighted by Gasteiger charge is 2.39. The van der Waals surface area contributed by atoms with Crippen molar-refractivity contribution >= 4 is 0 Å². The Labute approximate surface area is 115 Å². The third-order valence-corrected chi connectivity index (χ3v) is 4.76. The van der Waals surface area contributed by atoms with Gasteiger partial charge in [-0.05, 0) is 57.4 Å². The molecule has 3 nitrogen and oxygen atoms in total. The van der Waals surface area contributed by atoms with Gasteiger partial charge in [0.15, 0.2) is 0 Å². The van der Waals surface area contributed by atoms with Gasteiger partial charge in [0, 0.05) is 18.1 Å². The van der Waals surface area contributed by atoms with Crippen LogP contribution >= 0.6 is 0 Å². The van der Waals surface area contributed by atoms with E-state index < -0.39 is 0 Å². The third-order valence-electron chi connectivity index (χ3n) is 4.76. The average molecular weight is 260 g/mol. The molecule has 3 atom stereocenters. The van der Waals surface area contributed by atoms with Gasteiger partial charge in [0.2, 0.25) is 0 Å². The molecule has 0 spiro atoms. The Morgan fingerprint density at radius 2 is 1.74 bits per heavy atom. The van der Waals surface area contributed by atoms with Crippen LogP contribution in [-0.4, -0.2) is 30.1 Å². The fourth-order valence-electron chi connectivity index (χ4n) is 3.50. The van der Waals surface area contributed by atoms with Gasteiger partial charge in [-0.15, -0.1) is 0 Å². The molecule has 0 radical (unpaired) electrons. The van der Waals surface area contributed by atoms with Crippen LogP contribution in [0.5, 0.6) is 5.75 Å². The molecule has 2 aliphatic rings. The number of hydrogen-bond donors (Lipinski definition) is 1. The van der Waals surface area contributed by atoms with Crippen LogP contribution in [0.2, 0.25) is 0 Å². The van der Waals surface area contributed by atoms with Crippen LogP contribution in [0, 0.1) is 0 Å². The zero-order chi connectivity index (χ0) is 13.4. The number of nitrogens with zero attached hydrogens (tertiary/aromatic N) is 1.